The average molecular weight is 294 g/mol. The standard InChI is InChI=1S/C8H3BrClFN2S/c9-6-3-4(11)1-2-5(6)7-12-8(10)14-13-7/h1-3H. The van der Waals surface area contributed by atoms with Gasteiger partial charge in [-0.05, 0) is 57.3 Å². The average Bonchev–Trinajstić information content (AvgIpc) is 2.51. The van der Waals surface area contributed by atoms with Gasteiger partial charge in [0.25, 0.3) is 0 Å². The molecule has 1 aromatic carbocycles. The molecule has 14 heavy (non-hydrogen) atoms. The summed E-state index contributed by atoms with van der Waals surface area (Å²) in [7, 11) is 0. The van der Waals surface area contributed by atoms with Crippen molar-refractivity contribution in [3.05, 3.63) is 33.0 Å². The van der Waals surface area contributed by atoms with Crippen molar-refractivity contribution in [2.24, 2.45) is 0 Å². The Bertz CT molecular complexity index is 474. The van der Waals surface area contributed by atoms with Crippen LogP contribution in [0.5, 0.6) is 0 Å². The van der Waals surface area contributed by atoms with E-state index in [-0.39, 0.29) is 5.82 Å². The van der Waals surface area contributed by atoms with E-state index in [4.69, 9.17) is 11.6 Å². The van der Waals surface area contributed by atoms with Crippen molar-refractivity contribution >= 4 is 39.1 Å². The van der Waals surface area contributed by atoms with E-state index in [0.717, 1.165) is 17.1 Å². The fraction of sp³-hybridized carbons (Fsp3) is 0. The Kier molecular flexibility index (Phi) is 2.80. The van der Waals surface area contributed by atoms with Crippen LogP contribution in [0.25, 0.3) is 11.4 Å². The third-order valence-electron chi connectivity index (χ3n) is 1.57. The summed E-state index contributed by atoms with van der Waals surface area (Å²) in [5.74, 6) is 0.203. The first-order valence-corrected chi connectivity index (χ1v) is 5.56. The minimum atomic E-state index is -0.304. The van der Waals surface area contributed by atoms with Crippen molar-refractivity contribution in [2.75, 3.05) is 0 Å². The summed E-state index contributed by atoms with van der Waals surface area (Å²) in [6, 6.07) is 4.33. The smallest absolute Gasteiger partial charge is 0.203 e. The normalized spacial score (nSPS) is 10.5. The number of aromatic nitrogens is 2. The van der Waals surface area contributed by atoms with Crippen LogP contribution in [0.3, 0.4) is 0 Å². The largest absolute Gasteiger partial charge is 0.207 e. The zero-order chi connectivity index (χ0) is 10.1. The molecule has 0 saturated heterocycles. The van der Waals surface area contributed by atoms with Crippen LogP contribution in [0.15, 0.2) is 22.7 Å². The number of hydrogen-bond donors (Lipinski definition) is 0. The Labute approximate surface area is 97.0 Å². The summed E-state index contributed by atoms with van der Waals surface area (Å²) in [5, 5.41) is 0. The molecule has 0 atom stereocenters. The minimum absolute atomic E-state index is 0.304. The van der Waals surface area contributed by atoms with Crippen LogP contribution < -0.4 is 0 Å². The first-order chi connectivity index (χ1) is 6.66. The van der Waals surface area contributed by atoms with Crippen LogP contribution in [0.4, 0.5) is 4.39 Å². The van der Waals surface area contributed by atoms with Gasteiger partial charge in [-0.1, -0.05) is 0 Å². The van der Waals surface area contributed by atoms with Gasteiger partial charge in [0.1, 0.15) is 5.82 Å². The van der Waals surface area contributed by atoms with Crippen LogP contribution in [0.2, 0.25) is 4.47 Å². The van der Waals surface area contributed by atoms with E-state index in [0.29, 0.717) is 14.8 Å². The maximum atomic E-state index is 12.8. The topological polar surface area (TPSA) is 25.8 Å². The van der Waals surface area contributed by atoms with E-state index < -0.39 is 0 Å². The SMILES string of the molecule is Fc1ccc(-c2nsc(Cl)n2)c(Br)c1. The molecule has 0 fully saturated rings. The highest BCUT2D eigenvalue weighted by Crippen LogP contribution is 2.28. The molecular weight excluding hydrogens is 291 g/mol. The molecule has 0 spiro atoms. The zero-order valence-corrected chi connectivity index (χ0v) is 9.83. The van der Waals surface area contributed by atoms with Gasteiger partial charge >= 0.3 is 0 Å². The van der Waals surface area contributed by atoms with Gasteiger partial charge in [0, 0.05) is 10.0 Å². The van der Waals surface area contributed by atoms with Crippen molar-refractivity contribution in [2.45, 2.75) is 0 Å². The van der Waals surface area contributed by atoms with Gasteiger partial charge in [-0.25, -0.2) is 9.37 Å². The first kappa shape index (κ1) is 10.0. The lowest BCUT2D eigenvalue weighted by Gasteiger charge is -1.98. The molecule has 72 valence electrons. The van der Waals surface area contributed by atoms with Crippen molar-refractivity contribution in [1.82, 2.24) is 9.36 Å². The summed E-state index contributed by atoms with van der Waals surface area (Å²) < 4.78 is 17.8. The maximum absolute atomic E-state index is 12.8. The second kappa shape index (κ2) is 3.92. The molecule has 0 bridgehead atoms. The van der Waals surface area contributed by atoms with Gasteiger partial charge < -0.3 is 0 Å². The Balaban J connectivity index is 2.52. The summed E-state index contributed by atoms with van der Waals surface area (Å²) >= 11 is 9.99. The molecule has 0 unspecified atom stereocenters. The molecule has 6 heteroatoms. The highest BCUT2D eigenvalue weighted by atomic mass is 79.9. The zero-order valence-electron chi connectivity index (χ0n) is 6.67. The Morgan fingerprint density at radius 2 is 2.21 bits per heavy atom. The minimum Gasteiger partial charge on any atom is -0.207 e. The molecular formula is C8H3BrClFN2S. The van der Waals surface area contributed by atoms with E-state index in [1.807, 2.05) is 0 Å². The molecule has 0 aliphatic rings. The fourth-order valence-corrected chi connectivity index (χ4v) is 2.13. The Morgan fingerprint density at radius 1 is 1.43 bits per heavy atom. The van der Waals surface area contributed by atoms with Gasteiger partial charge in [0.15, 0.2) is 5.82 Å². The van der Waals surface area contributed by atoms with Crippen molar-refractivity contribution in [3.8, 4) is 11.4 Å². The van der Waals surface area contributed by atoms with Crippen LogP contribution in [0, 0.1) is 5.82 Å². The van der Waals surface area contributed by atoms with Crippen LogP contribution >= 0.6 is 39.1 Å². The first-order valence-electron chi connectivity index (χ1n) is 3.61. The lowest BCUT2D eigenvalue weighted by atomic mass is 10.2. The van der Waals surface area contributed by atoms with Crippen molar-refractivity contribution in [1.29, 1.82) is 0 Å². The molecule has 2 rings (SSSR count). The van der Waals surface area contributed by atoms with E-state index in [1.165, 1.54) is 12.1 Å². The van der Waals surface area contributed by atoms with Crippen LogP contribution in [-0.2, 0) is 0 Å². The van der Waals surface area contributed by atoms with Gasteiger partial charge in [0.05, 0.1) is 0 Å². The highest BCUT2D eigenvalue weighted by Gasteiger charge is 2.09. The Morgan fingerprint density at radius 3 is 2.79 bits per heavy atom. The maximum Gasteiger partial charge on any atom is 0.203 e. The lowest BCUT2D eigenvalue weighted by Crippen LogP contribution is -1.83. The molecule has 1 heterocycles. The second-order valence-electron chi connectivity index (χ2n) is 2.50. The van der Waals surface area contributed by atoms with E-state index in [2.05, 4.69) is 25.3 Å². The third-order valence-corrected chi connectivity index (χ3v) is 3.03. The van der Waals surface area contributed by atoms with Gasteiger partial charge in [-0.15, -0.1) is 0 Å². The van der Waals surface area contributed by atoms with Gasteiger partial charge in [0.2, 0.25) is 4.47 Å². The van der Waals surface area contributed by atoms with Crippen LogP contribution in [-0.4, -0.2) is 9.36 Å². The highest BCUT2D eigenvalue weighted by molar-refractivity contribution is 9.10. The van der Waals surface area contributed by atoms with Crippen molar-refractivity contribution < 1.29 is 4.39 Å². The lowest BCUT2D eigenvalue weighted by molar-refractivity contribution is 0.627. The Hall–Kier alpha value is -0.520. The number of nitrogens with zero attached hydrogens (tertiary/aromatic N) is 2. The molecule has 0 saturated carbocycles. The summed E-state index contributed by atoms with van der Waals surface area (Å²) in [5.41, 5.74) is 0.731. The van der Waals surface area contributed by atoms with Crippen molar-refractivity contribution in [3.63, 3.8) is 0 Å². The third kappa shape index (κ3) is 1.94. The van der Waals surface area contributed by atoms with Crippen LogP contribution in [0.1, 0.15) is 0 Å². The fourth-order valence-electron chi connectivity index (χ4n) is 0.985. The number of rotatable bonds is 1. The number of benzene rings is 1. The van der Waals surface area contributed by atoms with Gasteiger partial charge in [-0.2, -0.15) is 4.37 Å². The van der Waals surface area contributed by atoms with Gasteiger partial charge in [-0.3, -0.25) is 0 Å². The summed E-state index contributed by atoms with van der Waals surface area (Å²) in [6.07, 6.45) is 0. The predicted molar refractivity (Wildman–Crippen MR) is 58.0 cm³/mol. The molecule has 0 N–H and O–H groups in total. The monoisotopic (exact) mass is 292 g/mol. The molecule has 0 radical (unpaired) electrons. The molecule has 0 aliphatic carbocycles. The molecule has 2 aromatic rings. The molecule has 0 aliphatic heterocycles. The van der Waals surface area contributed by atoms with E-state index in [9.17, 15) is 4.39 Å². The van der Waals surface area contributed by atoms with E-state index in [1.54, 1.807) is 6.07 Å². The summed E-state index contributed by atoms with van der Waals surface area (Å²) in [6.45, 7) is 0. The number of hydrogen-bond acceptors (Lipinski definition) is 3. The van der Waals surface area contributed by atoms with E-state index >= 15 is 0 Å². The second-order valence-corrected chi connectivity index (χ2v) is 4.68. The summed E-state index contributed by atoms with van der Waals surface area (Å²) in [4.78, 5) is 3.99. The number of halogens is 3. The molecule has 2 nitrogen and oxygen atoms in total. The quantitative estimate of drug-likeness (QED) is 0.800. The predicted octanol–water partition coefficient (Wildman–Crippen LogP) is 3.76. The molecule has 1 aromatic heterocycles. The molecule has 0 amide bonds.